The van der Waals surface area contributed by atoms with Gasteiger partial charge in [0.2, 0.25) is 5.91 Å². The van der Waals surface area contributed by atoms with Gasteiger partial charge in [0.25, 0.3) is 11.9 Å². The second-order valence-corrected chi connectivity index (χ2v) is 7.05. The summed E-state index contributed by atoms with van der Waals surface area (Å²) in [7, 11) is 1.68. The van der Waals surface area contributed by atoms with Gasteiger partial charge in [0, 0.05) is 38.3 Å². The lowest BCUT2D eigenvalue weighted by Gasteiger charge is -2.19. The Kier molecular flexibility index (Phi) is 7.98. The molecule has 2 aromatic rings. The summed E-state index contributed by atoms with van der Waals surface area (Å²) in [5, 5.41) is 24.2. The van der Waals surface area contributed by atoms with Crippen molar-refractivity contribution in [1.29, 1.82) is 0 Å². The second-order valence-electron chi connectivity index (χ2n) is 7.05. The van der Waals surface area contributed by atoms with Crippen LogP contribution in [0, 0.1) is 12.8 Å². The van der Waals surface area contributed by atoms with Crippen LogP contribution in [0.5, 0.6) is 0 Å². The van der Waals surface area contributed by atoms with Gasteiger partial charge in [0.1, 0.15) is 5.69 Å². The molecule has 1 aliphatic rings. The first-order valence-electron chi connectivity index (χ1n) is 9.29. The Bertz CT molecular complexity index is 867. The van der Waals surface area contributed by atoms with E-state index >= 15 is 0 Å². The number of hydrogen-bond donors (Lipinski definition) is 3. The van der Waals surface area contributed by atoms with Crippen molar-refractivity contribution >= 4 is 17.8 Å². The molecule has 0 spiro atoms. The van der Waals surface area contributed by atoms with Gasteiger partial charge in [-0.05, 0) is 19.8 Å². The summed E-state index contributed by atoms with van der Waals surface area (Å²) in [6.45, 7) is 3.20. The lowest BCUT2D eigenvalue weighted by atomic mass is 10.1. The molecule has 2 aromatic heterocycles. The molecule has 2 heterocycles. The quantitative estimate of drug-likeness (QED) is 0.623. The second kappa shape index (κ2) is 10.4. The number of aliphatic carboxylic acids is 1. The summed E-state index contributed by atoms with van der Waals surface area (Å²) >= 11 is 0. The molecular weight excluding hydrogens is 394 g/mol. The van der Waals surface area contributed by atoms with Crippen LogP contribution in [0.3, 0.4) is 0 Å². The van der Waals surface area contributed by atoms with Crippen LogP contribution in [-0.4, -0.2) is 67.2 Å². The average molecular weight is 419 g/mol. The Hall–Kier alpha value is -3.34. The first-order valence-corrected chi connectivity index (χ1v) is 9.29. The number of nitrogens with one attached hydrogen (secondary N) is 1. The third kappa shape index (κ3) is 6.62. The Labute approximate surface area is 173 Å². The summed E-state index contributed by atoms with van der Waals surface area (Å²) < 4.78 is 5.13. The number of nitrogens with zero attached hydrogens (tertiary/aromatic N) is 4. The topological polar surface area (TPSA) is 159 Å². The predicted molar refractivity (Wildman–Crippen MR) is 103 cm³/mol. The Morgan fingerprint density at radius 3 is 2.57 bits per heavy atom. The number of carboxylic acids is 1. The van der Waals surface area contributed by atoms with Gasteiger partial charge < -0.3 is 25.0 Å². The maximum Gasteiger partial charge on any atom is 0.300 e. The Morgan fingerprint density at radius 2 is 2.00 bits per heavy atom. The maximum absolute atomic E-state index is 12.6. The van der Waals surface area contributed by atoms with Gasteiger partial charge in [-0.3, -0.25) is 19.4 Å². The highest BCUT2D eigenvalue weighted by Crippen LogP contribution is 2.28. The van der Waals surface area contributed by atoms with Crippen LogP contribution in [0.1, 0.15) is 41.7 Å². The molecule has 0 radical (unpaired) electrons. The van der Waals surface area contributed by atoms with Crippen molar-refractivity contribution in [1.82, 2.24) is 25.3 Å². The van der Waals surface area contributed by atoms with Crippen molar-refractivity contribution in [2.24, 2.45) is 5.92 Å². The van der Waals surface area contributed by atoms with E-state index < -0.39 is 24.0 Å². The van der Waals surface area contributed by atoms with Gasteiger partial charge in [0.15, 0.2) is 5.76 Å². The SMILES string of the molecule is CC(=O)O.Cc1cc(CN(C)C(=O)[C@@H]2C[C@@H](O)[C@H](NC(=O)c3cnccn3)C2)on1. The normalized spacial score (nSPS) is 20.1. The molecule has 1 fully saturated rings. The van der Waals surface area contributed by atoms with Gasteiger partial charge in [0.05, 0.1) is 30.6 Å². The van der Waals surface area contributed by atoms with Crippen LogP contribution in [0.2, 0.25) is 0 Å². The van der Waals surface area contributed by atoms with E-state index in [4.69, 9.17) is 14.4 Å². The molecule has 11 heteroatoms. The summed E-state index contributed by atoms with van der Waals surface area (Å²) in [6.07, 6.45) is 4.13. The lowest BCUT2D eigenvalue weighted by Crippen LogP contribution is -2.40. The summed E-state index contributed by atoms with van der Waals surface area (Å²) in [6, 6.07) is 1.27. The molecule has 1 aliphatic carbocycles. The van der Waals surface area contributed by atoms with Gasteiger partial charge in [-0.2, -0.15) is 0 Å². The van der Waals surface area contributed by atoms with Crippen LogP contribution >= 0.6 is 0 Å². The lowest BCUT2D eigenvalue weighted by molar-refractivity contribution is -0.135. The Morgan fingerprint density at radius 1 is 1.30 bits per heavy atom. The van der Waals surface area contributed by atoms with Crippen molar-refractivity contribution in [2.45, 2.75) is 45.4 Å². The fraction of sp³-hybridized carbons (Fsp3) is 0.474. The molecule has 0 saturated heterocycles. The van der Waals surface area contributed by atoms with E-state index in [1.165, 1.54) is 18.6 Å². The number of carbonyl (C=O) groups excluding carboxylic acids is 2. The van der Waals surface area contributed by atoms with E-state index in [9.17, 15) is 14.7 Å². The van der Waals surface area contributed by atoms with Crippen molar-refractivity contribution in [3.63, 3.8) is 0 Å². The molecule has 2 amide bonds. The number of rotatable bonds is 5. The van der Waals surface area contributed by atoms with E-state index in [0.717, 1.165) is 12.6 Å². The van der Waals surface area contributed by atoms with E-state index in [1.54, 1.807) is 18.0 Å². The van der Waals surface area contributed by atoms with Crippen LogP contribution in [0.4, 0.5) is 0 Å². The number of carboxylic acid groups (broad SMARTS) is 1. The van der Waals surface area contributed by atoms with E-state index in [1.807, 2.05) is 6.92 Å². The molecule has 3 N–H and O–H groups in total. The van der Waals surface area contributed by atoms with Gasteiger partial charge in [-0.25, -0.2) is 4.98 Å². The molecule has 3 rings (SSSR count). The third-order valence-electron chi connectivity index (χ3n) is 4.44. The number of carbonyl (C=O) groups is 3. The molecule has 1 saturated carbocycles. The zero-order chi connectivity index (χ0) is 22.3. The van der Waals surface area contributed by atoms with Crippen LogP contribution in [0.15, 0.2) is 29.2 Å². The first kappa shape index (κ1) is 22.9. The maximum atomic E-state index is 12.6. The molecule has 11 nitrogen and oxygen atoms in total. The highest BCUT2D eigenvalue weighted by atomic mass is 16.5. The number of aryl methyl sites for hydroxylation is 1. The molecule has 0 aromatic carbocycles. The van der Waals surface area contributed by atoms with E-state index in [2.05, 4.69) is 20.4 Å². The predicted octanol–water partition coefficient (Wildman–Crippen LogP) is 0.392. The minimum atomic E-state index is -0.833. The molecule has 3 atom stereocenters. The van der Waals surface area contributed by atoms with Crippen molar-refractivity contribution < 1.29 is 29.1 Å². The fourth-order valence-electron chi connectivity index (χ4n) is 3.15. The highest BCUT2D eigenvalue weighted by Gasteiger charge is 2.39. The largest absolute Gasteiger partial charge is 0.481 e. The van der Waals surface area contributed by atoms with Crippen LogP contribution in [-0.2, 0) is 16.1 Å². The zero-order valence-corrected chi connectivity index (χ0v) is 17.0. The standard InChI is InChI=1S/C17H21N5O4.C2H4O2/c1-10-5-12(26-21-10)9-22(2)17(25)11-6-13(15(23)7-11)20-16(24)14-8-18-3-4-19-14;1-2(3)4/h3-5,8,11,13,15,23H,6-7,9H2,1-2H3,(H,20,24);1H3,(H,3,4)/t11-,13+,15+;/m0./s1. The van der Waals surface area contributed by atoms with Crippen molar-refractivity contribution in [3.8, 4) is 0 Å². The van der Waals surface area contributed by atoms with Crippen LogP contribution in [0.25, 0.3) is 0 Å². The van der Waals surface area contributed by atoms with Crippen molar-refractivity contribution in [2.75, 3.05) is 7.05 Å². The number of aromatic nitrogens is 3. The third-order valence-corrected chi connectivity index (χ3v) is 4.44. The van der Waals surface area contributed by atoms with E-state index in [0.29, 0.717) is 25.1 Å². The fourth-order valence-corrected chi connectivity index (χ4v) is 3.15. The van der Waals surface area contributed by atoms with Gasteiger partial charge in [-0.1, -0.05) is 5.16 Å². The number of amides is 2. The smallest absolute Gasteiger partial charge is 0.300 e. The molecule has 30 heavy (non-hydrogen) atoms. The highest BCUT2D eigenvalue weighted by molar-refractivity contribution is 5.92. The number of hydrogen-bond acceptors (Lipinski definition) is 8. The number of aliphatic hydroxyl groups is 1. The molecule has 0 unspecified atom stereocenters. The average Bonchev–Trinajstić information content (AvgIpc) is 3.26. The molecule has 162 valence electrons. The minimum Gasteiger partial charge on any atom is -0.481 e. The first-order chi connectivity index (χ1) is 14.2. The zero-order valence-electron chi connectivity index (χ0n) is 17.0. The monoisotopic (exact) mass is 419 g/mol. The number of aliphatic hydroxyl groups excluding tert-OH is 1. The van der Waals surface area contributed by atoms with Gasteiger partial charge in [-0.15, -0.1) is 0 Å². The minimum absolute atomic E-state index is 0.102. The Balaban J connectivity index is 0.000000735. The molecule has 0 aliphatic heterocycles. The summed E-state index contributed by atoms with van der Waals surface area (Å²) in [5.74, 6) is -1.12. The van der Waals surface area contributed by atoms with Gasteiger partial charge >= 0.3 is 0 Å². The molecular formula is C19H25N5O6. The van der Waals surface area contributed by atoms with Crippen molar-refractivity contribution in [3.05, 3.63) is 41.8 Å². The molecule has 0 bridgehead atoms. The van der Waals surface area contributed by atoms with Crippen LogP contribution < -0.4 is 5.32 Å². The summed E-state index contributed by atoms with van der Waals surface area (Å²) in [5.41, 5.74) is 0.927. The van der Waals surface area contributed by atoms with E-state index in [-0.39, 0.29) is 17.5 Å². The summed E-state index contributed by atoms with van der Waals surface area (Å²) in [4.78, 5) is 43.1.